The molecular weight excluding hydrogens is 218 g/mol. The number of nitrogens with zero attached hydrogens (tertiary/aromatic N) is 1. The first-order valence-electron chi connectivity index (χ1n) is 5.30. The van der Waals surface area contributed by atoms with E-state index in [1.54, 1.807) is 24.3 Å². The van der Waals surface area contributed by atoms with Gasteiger partial charge in [0.05, 0.1) is 6.07 Å². The van der Waals surface area contributed by atoms with Gasteiger partial charge in [0, 0.05) is 20.0 Å². The van der Waals surface area contributed by atoms with Crippen molar-refractivity contribution in [1.29, 1.82) is 5.26 Å². The van der Waals surface area contributed by atoms with Gasteiger partial charge in [0.25, 0.3) is 0 Å². The van der Waals surface area contributed by atoms with Crippen LogP contribution in [0.25, 0.3) is 0 Å². The zero-order valence-electron chi connectivity index (χ0n) is 9.60. The zero-order chi connectivity index (χ0) is 12.7. The molecule has 1 amide bonds. The summed E-state index contributed by atoms with van der Waals surface area (Å²) in [5, 5.41) is 23.9. The van der Waals surface area contributed by atoms with Gasteiger partial charge in [0.15, 0.2) is 0 Å². The van der Waals surface area contributed by atoms with Gasteiger partial charge < -0.3 is 10.4 Å². The summed E-state index contributed by atoms with van der Waals surface area (Å²) in [4.78, 5) is 10.6. The maximum absolute atomic E-state index is 10.6. The van der Waals surface area contributed by atoms with E-state index in [1.165, 1.54) is 6.92 Å². The van der Waals surface area contributed by atoms with Gasteiger partial charge in [-0.15, -0.1) is 0 Å². The van der Waals surface area contributed by atoms with Crippen LogP contribution in [-0.2, 0) is 4.79 Å². The van der Waals surface area contributed by atoms with Gasteiger partial charge in [-0.2, -0.15) is 5.26 Å². The Kier molecular flexibility index (Phi) is 4.98. The fraction of sp³-hybridized carbons (Fsp3) is 0.333. The van der Waals surface area contributed by atoms with Crippen LogP contribution in [0, 0.1) is 11.3 Å². The summed E-state index contributed by atoms with van der Waals surface area (Å²) in [6, 6.07) is 8.15. The summed E-state index contributed by atoms with van der Waals surface area (Å²) in [5.74, 6) is 0.0316. The number of phenolic OH excluding ortho intramolecular Hbond substituents is 1. The van der Waals surface area contributed by atoms with Crippen LogP contribution in [0.2, 0.25) is 0 Å². The monoisotopic (exact) mass is 233 g/mol. The van der Waals surface area contributed by atoms with E-state index in [2.05, 4.69) is 16.7 Å². The number of carbonyl (C=O) groups excluding carboxylic acids is 1. The molecule has 1 aromatic carbocycles. The number of hydrogen-bond acceptors (Lipinski definition) is 4. The van der Waals surface area contributed by atoms with Crippen molar-refractivity contribution in [3.8, 4) is 11.8 Å². The van der Waals surface area contributed by atoms with Crippen LogP contribution < -0.4 is 10.6 Å². The average Bonchev–Trinajstić information content (AvgIpc) is 2.29. The smallest absolute Gasteiger partial charge is 0.216 e. The third-order valence-corrected chi connectivity index (χ3v) is 2.18. The second-order valence-corrected chi connectivity index (χ2v) is 3.59. The van der Waals surface area contributed by atoms with Crippen LogP contribution in [0.4, 0.5) is 0 Å². The lowest BCUT2D eigenvalue weighted by Crippen LogP contribution is -2.32. The molecule has 5 nitrogen and oxygen atoms in total. The quantitative estimate of drug-likeness (QED) is 0.653. The van der Waals surface area contributed by atoms with Crippen molar-refractivity contribution < 1.29 is 9.90 Å². The van der Waals surface area contributed by atoms with E-state index in [9.17, 15) is 9.90 Å². The van der Waals surface area contributed by atoms with Crippen molar-refractivity contribution in [1.82, 2.24) is 10.6 Å². The van der Waals surface area contributed by atoms with Gasteiger partial charge in [0.1, 0.15) is 11.8 Å². The fourth-order valence-electron chi connectivity index (χ4n) is 1.40. The summed E-state index contributed by atoms with van der Waals surface area (Å²) in [6.45, 7) is 2.40. The van der Waals surface area contributed by atoms with Crippen LogP contribution >= 0.6 is 0 Å². The van der Waals surface area contributed by atoms with Gasteiger partial charge in [-0.05, 0) is 17.7 Å². The molecule has 90 valence electrons. The Hall–Kier alpha value is -2.06. The first-order chi connectivity index (χ1) is 8.13. The van der Waals surface area contributed by atoms with E-state index in [1.807, 2.05) is 0 Å². The third kappa shape index (κ3) is 4.53. The molecule has 3 N–H and O–H groups in total. The Morgan fingerprint density at radius 3 is 2.88 bits per heavy atom. The standard InChI is InChI=1S/C12H15N3O2/c1-9(16)14-5-6-15-12(8-13)10-3-2-4-11(17)7-10/h2-4,7,12,15,17H,5-6H2,1H3,(H,14,16). The van der Waals surface area contributed by atoms with E-state index in [-0.39, 0.29) is 11.7 Å². The molecule has 0 heterocycles. The second-order valence-electron chi connectivity index (χ2n) is 3.59. The molecule has 1 aromatic rings. The first-order valence-corrected chi connectivity index (χ1v) is 5.30. The first kappa shape index (κ1) is 13.0. The SMILES string of the molecule is CC(=O)NCCNC(C#N)c1cccc(O)c1. The molecule has 0 aliphatic rings. The number of nitriles is 1. The fourth-order valence-corrected chi connectivity index (χ4v) is 1.40. The third-order valence-electron chi connectivity index (χ3n) is 2.18. The normalized spacial score (nSPS) is 11.5. The van der Waals surface area contributed by atoms with Gasteiger partial charge in [0.2, 0.25) is 5.91 Å². The van der Waals surface area contributed by atoms with E-state index in [0.29, 0.717) is 18.7 Å². The van der Waals surface area contributed by atoms with Crippen molar-refractivity contribution in [2.24, 2.45) is 0 Å². The Bertz CT molecular complexity index is 426. The Balaban J connectivity index is 2.49. The zero-order valence-corrected chi connectivity index (χ0v) is 9.60. The van der Waals surface area contributed by atoms with Crippen LogP contribution in [0.5, 0.6) is 5.75 Å². The van der Waals surface area contributed by atoms with Gasteiger partial charge in [-0.1, -0.05) is 12.1 Å². The van der Waals surface area contributed by atoms with Gasteiger partial charge in [-0.25, -0.2) is 0 Å². The highest BCUT2D eigenvalue weighted by Gasteiger charge is 2.09. The largest absolute Gasteiger partial charge is 0.508 e. The number of amides is 1. The molecule has 0 bridgehead atoms. The Morgan fingerprint density at radius 1 is 1.53 bits per heavy atom. The summed E-state index contributed by atoms with van der Waals surface area (Å²) in [5.41, 5.74) is 0.704. The number of aromatic hydroxyl groups is 1. The maximum atomic E-state index is 10.6. The minimum Gasteiger partial charge on any atom is -0.508 e. The van der Waals surface area contributed by atoms with Gasteiger partial charge >= 0.3 is 0 Å². The molecular formula is C12H15N3O2. The second kappa shape index (κ2) is 6.51. The average molecular weight is 233 g/mol. The number of hydrogen-bond donors (Lipinski definition) is 3. The van der Waals surface area contributed by atoms with Crippen LogP contribution in [0.15, 0.2) is 24.3 Å². The predicted molar refractivity (Wildman–Crippen MR) is 63.1 cm³/mol. The summed E-state index contributed by atoms with van der Waals surface area (Å²) in [6.07, 6.45) is 0. The lowest BCUT2D eigenvalue weighted by Gasteiger charge is -2.12. The van der Waals surface area contributed by atoms with Crippen molar-refractivity contribution in [2.45, 2.75) is 13.0 Å². The number of rotatable bonds is 5. The van der Waals surface area contributed by atoms with E-state index >= 15 is 0 Å². The molecule has 0 aliphatic heterocycles. The molecule has 17 heavy (non-hydrogen) atoms. The van der Waals surface area contributed by atoms with Crippen molar-refractivity contribution in [3.05, 3.63) is 29.8 Å². The molecule has 0 aromatic heterocycles. The summed E-state index contributed by atoms with van der Waals surface area (Å²) in [7, 11) is 0. The van der Waals surface area contributed by atoms with E-state index < -0.39 is 6.04 Å². The minimum absolute atomic E-state index is 0.0994. The molecule has 5 heteroatoms. The van der Waals surface area contributed by atoms with Gasteiger partial charge in [-0.3, -0.25) is 10.1 Å². The molecule has 0 saturated heterocycles. The highest BCUT2D eigenvalue weighted by Crippen LogP contribution is 2.17. The molecule has 0 saturated carbocycles. The molecule has 0 aliphatic carbocycles. The number of carbonyl (C=O) groups is 1. The minimum atomic E-state index is -0.490. The Labute approximate surface area is 100 Å². The number of nitrogens with one attached hydrogen (secondary N) is 2. The Morgan fingerprint density at radius 2 is 2.29 bits per heavy atom. The summed E-state index contributed by atoms with van der Waals surface area (Å²) < 4.78 is 0. The molecule has 0 radical (unpaired) electrons. The van der Waals surface area contributed by atoms with Crippen molar-refractivity contribution in [3.63, 3.8) is 0 Å². The van der Waals surface area contributed by atoms with Crippen molar-refractivity contribution in [2.75, 3.05) is 13.1 Å². The van der Waals surface area contributed by atoms with Crippen LogP contribution in [-0.4, -0.2) is 24.1 Å². The molecule has 1 unspecified atom stereocenters. The highest BCUT2D eigenvalue weighted by atomic mass is 16.3. The molecule has 0 spiro atoms. The topological polar surface area (TPSA) is 85.2 Å². The maximum Gasteiger partial charge on any atom is 0.216 e. The number of phenols is 1. The lowest BCUT2D eigenvalue weighted by atomic mass is 10.1. The summed E-state index contributed by atoms with van der Waals surface area (Å²) >= 11 is 0. The molecule has 0 fully saturated rings. The predicted octanol–water partition coefficient (Wildman–Crippen LogP) is 0.683. The van der Waals surface area contributed by atoms with Crippen LogP contribution in [0.1, 0.15) is 18.5 Å². The molecule has 1 atom stereocenters. The van der Waals surface area contributed by atoms with E-state index in [0.717, 1.165) is 0 Å². The number of benzene rings is 1. The van der Waals surface area contributed by atoms with Crippen LogP contribution in [0.3, 0.4) is 0 Å². The van der Waals surface area contributed by atoms with Crippen molar-refractivity contribution >= 4 is 5.91 Å². The molecule has 1 rings (SSSR count). The highest BCUT2D eigenvalue weighted by molar-refractivity contribution is 5.72. The van der Waals surface area contributed by atoms with E-state index in [4.69, 9.17) is 5.26 Å². The lowest BCUT2D eigenvalue weighted by molar-refractivity contribution is -0.118.